The van der Waals surface area contributed by atoms with E-state index in [-0.39, 0.29) is 6.10 Å². The predicted octanol–water partition coefficient (Wildman–Crippen LogP) is 1.55. The number of nitrogens with two attached hydrogens (primary N) is 1. The van der Waals surface area contributed by atoms with E-state index in [0.717, 1.165) is 28.8 Å². The molecule has 1 atom stereocenters. The summed E-state index contributed by atoms with van der Waals surface area (Å²) in [6.45, 7) is 1.31. The van der Waals surface area contributed by atoms with Gasteiger partial charge in [-0.25, -0.2) is 4.68 Å². The summed E-state index contributed by atoms with van der Waals surface area (Å²) in [7, 11) is 0. The minimum atomic E-state index is 0.122. The minimum absolute atomic E-state index is 0.122. The van der Waals surface area contributed by atoms with Gasteiger partial charge in [0.25, 0.3) is 0 Å². The molecule has 0 bridgehead atoms. The predicted molar refractivity (Wildman–Crippen MR) is 75.0 cm³/mol. The van der Waals surface area contributed by atoms with Gasteiger partial charge in [0, 0.05) is 23.5 Å². The Kier molecular flexibility index (Phi) is 3.52. The highest BCUT2D eigenvalue weighted by Gasteiger charge is 2.23. The molecule has 1 aliphatic heterocycles. The molecule has 1 unspecified atom stereocenters. The summed E-state index contributed by atoms with van der Waals surface area (Å²) in [4.78, 5) is 0. The van der Waals surface area contributed by atoms with Crippen LogP contribution in [-0.2, 0) is 19.4 Å². The van der Waals surface area contributed by atoms with Crippen LogP contribution >= 0.6 is 15.9 Å². The summed E-state index contributed by atoms with van der Waals surface area (Å²) in [5.41, 5.74) is 7.67. The number of hydrogen-bond donors (Lipinski definition) is 1. The van der Waals surface area contributed by atoms with Crippen molar-refractivity contribution >= 4 is 15.9 Å². The van der Waals surface area contributed by atoms with Crippen LogP contribution in [0.3, 0.4) is 0 Å². The highest BCUT2D eigenvalue weighted by atomic mass is 79.9. The van der Waals surface area contributed by atoms with Crippen LogP contribution in [0.5, 0.6) is 5.75 Å². The Balaban J connectivity index is 1.66. The van der Waals surface area contributed by atoms with E-state index in [1.807, 2.05) is 23.0 Å². The van der Waals surface area contributed by atoms with E-state index in [1.165, 1.54) is 5.56 Å². The number of fused-ring (bicyclic) bond motifs is 1. The van der Waals surface area contributed by atoms with Crippen molar-refractivity contribution < 1.29 is 4.74 Å². The lowest BCUT2D eigenvalue weighted by Gasteiger charge is -2.09. The van der Waals surface area contributed by atoms with Gasteiger partial charge in [0.05, 0.1) is 12.2 Å². The van der Waals surface area contributed by atoms with E-state index in [4.69, 9.17) is 10.5 Å². The Morgan fingerprint density at radius 2 is 2.37 bits per heavy atom. The minimum Gasteiger partial charge on any atom is -0.488 e. The van der Waals surface area contributed by atoms with Gasteiger partial charge in [-0.2, -0.15) is 0 Å². The van der Waals surface area contributed by atoms with Gasteiger partial charge in [0.2, 0.25) is 0 Å². The number of benzene rings is 1. The van der Waals surface area contributed by atoms with Crippen LogP contribution in [0, 0.1) is 0 Å². The summed E-state index contributed by atoms with van der Waals surface area (Å²) in [6, 6.07) is 6.10. The molecule has 0 amide bonds. The molecule has 6 heteroatoms. The van der Waals surface area contributed by atoms with Crippen molar-refractivity contribution in [1.29, 1.82) is 0 Å². The third-order valence-corrected chi connectivity index (χ3v) is 3.63. The molecule has 0 aliphatic carbocycles. The van der Waals surface area contributed by atoms with Gasteiger partial charge in [0.1, 0.15) is 11.9 Å². The molecular weight excluding hydrogens is 308 g/mol. The molecular formula is C13H15BrN4O. The molecule has 1 aliphatic rings. The van der Waals surface area contributed by atoms with Crippen molar-refractivity contribution in [2.75, 3.05) is 6.54 Å². The van der Waals surface area contributed by atoms with Gasteiger partial charge >= 0.3 is 0 Å². The lowest BCUT2D eigenvalue weighted by molar-refractivity contribution is 0.202. The number of halogens is 1. The first-order chi connectivity index (χ1) is 9.24. The lowest BCUT2D eigenvalue weighted by atomic mass is 10.1. The Bertz CT molecular complexity index is 584. The molecule has 5 nitrogen and oxygen atoms in total. The van der Waals surface area contributed by atoms with Crippen LogP contribution < -0.4 is 10.5 Å². The first kappa shape index (κ1) is 12.6. The number of ether oxygens (including phenoxy) is 1. The monoisotopic (exact) mass is 322 g/mol. The molecule has 0 saturated heterocycles. The zero-order valence-electron chi connectivity index (χ0n) is 10.4. The third kappa shape index (κ3) is 2.79. The number of rotatable bonds is 4. The maximum Gasteiger partial charge on any atom is 0.123 e. The van der Waals surface area contributed by atoms with Gasteiger partial charge in [0.15, 0.2) is 0 Å². The fourth-order valence-electron chi connectivity index (χ4n) is 2.29. The van der Waals surface area contributed by atoms with Gasteiger partial charge in [-0.15, -0.1) is 5.10 Å². The van der Waals surface area contributed by atoms with Gasteiger partial charge in [-0.3, -0.25) is 0 Å². The third-order valence-electron chi connectivity index (χ3n) is 3.14. The first-order valence-electron chi connectivity index (χ1n) is 6.29. The van der Waals surface area contributed by atoms with E-state index < -0.39 is 0 Å². The average Bonchev–Trinajstić information content (AvgIpc) is 2.96. The zero-order valence-corrected chi connectivity index (χ0v) is 12.0. The summed E-state index contributed by atoms with van der Waals surface area (Å²) < 4.78 is 8.82. The van der Waals surface area contributed by atoms with E-state index in [1.54, 1.807) is 0 Å². The number of aromatic nitrogens is 3. The first-order valence-corrected chi connectivity index (χ1v) is 7.08. The van der Waals surface area contributed by atoms with Crippen LogP contribution in [0.1, 0.15) is 11.3 Å². The highest BCUT2D eigenvalue weighted by Crippen LogP contribution is 2.31. The second kappa shape index (κ2) is 5.30. The Labute approximate surface area is 119 Å². The second-order valence-electron chi connectivity index (χ2n) is 4.67. The van der Waals surface area contributed by atoms with Crippen molar-refractivity contribution in [3.8, 4) is 5.75 Å². The SMILES string of the molecule is NCCc1cn(CC2Cc3cc(Br)ccc3O2)nn1. The van der Waals surface area contributed by atoms with Crippen molar-refractivity contribution in [2.24, 2.45) is 5.73 Å². The molecule has 1 aromatic carbocycles. The fraction of sp³-hybridized carbons (Fsp3) is 0.385. The molecule has 2 N–H and O–H groups in total. The molecule has 0 radical (unpaired) electrons. The van der Waals surface area contributed by atoms with E-state index in [9.17, 15) is 0 Å². The molecule has 0 saturated carbocycles. The summed E-state index contributed by atoms with van der Waals surface area (Å²) in [5, 5.41) is 8.18. The molecule has 19 heavy (non-hydrogen) atoms. The maximum atomic E-state index is 5.90. The highest BCUT2D eigenvalue weighted by molar-refractivity contribution is 9.10. The standard InChI is InChI=1S/C13H15BrN4O/c14-10-1-2-13-9(5-10)6-12(19-13)8-18-7-11(3-4-15)16-17-18/h1-2,5,7,12H,3-4,6,8,15H2. The Hall–Kier alpha value is -1.40. The summed E-state index contributed by atoms with van der Waals surface area (Å²) in [5.74, 6) is 0.968. The molecule has 1 aromatic heterocycles. The average molecular weight is 323 g/mol. The van der Waals surface area contributed by atoms with E-state index in [0.29, 0.717) is 13.1 Å². The van der Waals surface area contributed by atoms with Crippen molar-refractivity contribution in [1.82, 2.24) is 15.0 Å². The van der Waals surface area contributed by atoms with E-state index in [2.05, 4.69) is 32.3 Å². The van der Waals surface area contributed by atoms with Crippen LogP contribution in [0.4, 0.5) is 0 Å². The molecule has 0 fully saturated rings. The molecule has 0 spiro atoms. The Morgan fingerprint density at radius 1 is 1.47 bits per heavy atom. The normalized spacial score (nSPS) is 17.3. The molecule has 3 rings (SSSR count). The maximum absolute atomic E-state index is 5.90. The van der Waals surface area contributed by atoms with Crippen LogP contribution in [-0.4, -0.2) is 27.6 Å². The lowest BCUT2D eigenvalue weighted by Crippen LogP contribution is -2.21. The molecule has 100 valence electrons. The van der Waals surface area contributed by atoms with E-state index >= 15 is 0 Å². The number of hydrogen-bond acceptors (Lipinski definition) is 4. The summed E-state index contributed by atoms with van der Waals surface area (Å²) >= 11 is 3.48. The van der Waals surface area contributed by atoms with Crippen molar-refractivity contribution in [2.45, 2.75) is 25.5 Å². The topological polar surface area (TPSA) is 66.0 Å². The molecule has 2 heterocycles. The second-order valence-corrected chi connectivity index (χ2v) is 5.58. The van der Waals surface area contributed by atoms with Gasteiger partial charge in [-0.05, 0) is 30.3 Å². The number of nitrogens with zero attached hydrogens (tertiary/aromatic N) is 3. The zero-order chi connectivity index (χ0) is 13.2. The smallest absolute Gasteiger partial charge is 0.123 e. The summed E-state index contributed by atoms with van der Waals surface area (Å²) in [6.07, 6.45) is 3.73. The fourth-order valence-corrected chi connectivity index (χ4v) is 2.70. The van der Waals surface area contributed by atoms with Crippen molar-refractivity contribution in [3.05, 3.63) is 40.1 Å². The van der Waals surface area contributed by atoms with Crippen LogP contribution in [0.25, 0.3) is 0 Å². The largest absolute Gasteiger partial charge is 0.488 e. The van der Waals surface area contributed by atoms with Crippen molar-refractivity contribution in [3.63, 3.8) is 0 Å². The van der Waals surface area contributed by atoms with Crippen LogP contribution in [0.2, 0.25) is 0 Å². The van der Waals surface area contributed by atoms with Gasteiger partial charge in [-0.1, -0.05) is 21.1 Å². The molecule has 2 aromatic rings. The van der Waals surface area contributed by atoms with Gasteiger partial charge < -0.3 is 10.5 Å². The quantitative estimate of drug-likeness (QED) is 0.927. The Morgan fingerprint density at radius 3 is 3.21 bits per heavy atom. The van der Waals surface area contributed by atoms with Crippen LogP contribution in [0.15, 0.2) is 28.9 Å².